The molecule has 0 atom stereocenters. The summed E-state index contributed by atoms with van der Waals surface area (Å²) in [6.07, 6.45) is 3.36. The van der Waals surface area contributed by atoms with E-state index in [1.54, 1.807) is 24.1 Å². The highest BCUT2D eigenvalue weighted by Gasteiger charge is 2.11. The molecule has 1 aromatic heterocycles. The SMILES string of the molecule is Cn1cc(NC(=O)c2cc(I)ccc2Br)cn1. The summed E-state index contributed by atoms with van der Waals surface area (Å²) in [6.45, 7) is 0. The van der Waals surface area contributed by atoms with Crippen LogP contribution in [0, 0.1) is 3.57 Å². The van der Waals surface area contributed by atoms with Gasteiger partial charge in [-0.2, -0.15) is 5.10 Å². The highest BCUT2D eigenvalue weighted by atomic mass is 127. The Labute approximate surface area is 121 Å². The van der Waals surface area contributed by atoms with Gasteiger partial charge in [-0.1, -0.05) is 0 Å². The third kappa shape index (κ3) is 3.06. The number of hydrogen-bond donors (Lipinski definition) is 1. The van der Waals surface area contributed by atoms with E-state index in [9.17, 15) is 4.79 Å². The lowest BCUT2D eigenvalue weighted by Crippen LogP contribution is -2.12. The molecule has 1 aromatic carbocycles. The normalized spacial score (nSPS) is 10.3. The number of nitrogens with zero attached hydrogens (tertiary/aromatic N) is 2. The van der Waals surface area contributed by atoms with Gasteiger partial charge in [-0.3, -0.25) is 9.48 Å². The van der Waals surface area contributed by atoms with Crippen molar-refractivity contribution in [2.75, 3.05) is 5.32 Å². The van der Waals surface area contributed by atoms with E-state index < -0.39 is 0 Å². The second-order valence-corrected chi connectivity index (χ2v) is 5.58. The molecule has 0 aliphatic rings. The molecule has 2 rings (SSSR count). The monoisotopic (exact) mass is 405 g/mol. The molecule has 0 saturated carbocycles. The van der Waals surface area contributed by atoms with Crippen molar-refractivity contribution >= 4 is 50.1 Å². The minimum atomic E-state index is -0.150. The first-order chi connectivity index (χ1) is 8.06. The first-order valence-electron chi connectivity index (χ1n) is 4.81. The summed E-state index contributed by atoms with van der Waals surface area (Å²) in [5.74, 6) is -0.150. The number of halogens is 2. The molecule has 0 fully saturated rings. The zero-order valence-electron chi connectivity index (χ0n) is 8.95. The third-order valence-electron chi connectivity index (χ3n) is 2.14. The van der Waals surface area contributed by atoms with Crippen LogP contribution in [0.1, 0.15) is 10.4 Å². The first kappa shape index (κ1) is 12.6. The number of nitrogens with one attached hydrogen (secondary N) is 1. The fourth-order valence-corrected chi connectivity index (χ4v) is 2.27. The quantitative estimate of drug-likeness (QED) is 0.780. The van der Waals surface area contributed by atoms with Gasteiger partial charge in [-0.25, -0.2) is 0 Å². The van der Waals surface area contributed by atoms with Gasteiger partial charge < -0.3 is 5.32 Å². The summed E-state index contributed by atoms with van der Waals surface area (Å²) >= 11 is 5.54. The minimum Gasteiger partial charge on any atom is -0.319 e. The van der Waals surface area contributed by atoms with Gasteiger partial charge in [0.2, 0.25) is 0 Å². The zero-order chi connectivity index (χ0) is 12.4. The summed E-state index contributed by atoms with van der Waals surface area (Å²) in [6, 6.07) is 5.63. The number of anilines is 1. The highest BCUT2D eigenvalue weighted by Crippen LogP contribution is 2.20. The summed E-state index contributed by atoms with van der Waals surface area (Å²) in [7, 11) is 1.80. The number of carbonyl (C=O) groups is 1. The molecule has 1 N–H and O–H groups in total. The molecule has 88 valence electrons. The van der Waals surface area contributed by atoms with Gasteiger partial charge in [-0.15, -0.1) is 0 Å². The van der Waals surface area contributed by atoms with Crippen LogP contribution in [0.3, 0.4) is 0 Å². The molecule has 0 aliphatic carbocycles. The van der Waals surface area contributed by atoms with Gasteiger partial charge in [-0.05, 0) is 56.7 Å². The van der Waals surface area contributed by atoms with E-state index in [0.717, 1.165) is 8.04 Å². The number of rotatable bonds is 2. The minimum absolute atomic E-state index is 0.150. The molecule has 17 heavy (non-hydrogen) atoms. The second-order valence-electron chi connectivity index (χ2n) is 3.48. The van der Waals surface area contributed by atoms with Gasteiger partial charge in [0, 0.05) is 21.3 Å². The van der Waals surface area contributed by atoms with Crippen LogP contribution in [0.25, 0.3) is 0 Å². The fraction of sp³-hybridized carbons (Fsp3) is 0.0909. The Bertz CT molecular complexity index is 568. The van der Waals surface area contributed by atoms with Crippen LogP contribution in [0.2, 0.25) is 0 Å². The maximum Gasteiger partial charge on any atom is 0.256 e. The second kappa shape index (κ2) is 5.18. The van der Waals surface area contributed by atoms with Crippen molar-refractivity contribution in [1.82, 2.24) is 9.78 Å². The van der Waals surface area contributed by atoms with Crippen LogP contribution in [-0.4, -0.2) is 15.7 Å². The number of benzene rings is 1. The Kier molecular flexibility index (Phi) is 3.82. The third-order valence-corrected chi connectivity index (χ3v) is 3.50. The average molecular weight is 406 g/mol. The summed E-state index contributed by atoms with van der Waals surface area (Å²) in [4.78, 5) is 12.0. The average Bonchev–Trinajstić information content (AvgIpc) is 2.67. The number of hydrogen-bond acceptors (Lipinski definition) is 2. The van der Waals surface area contributed by atoms with E-state index >= 15 is 0 Å². The molecule has 0 radical (unpaired) electrons. The molecule has 1 amide bonds. The Morgan fingerprint density at radius 3 is 2.94 bits per heavy atom. The van der Waals surface area contributed by atoms with Crippen LogP contribution < -0.4 is 5.32 Å². The number of aryl methyl sites for hydroxylation is 1. The van der Waals surface area contributed by atoms with Crippen molar-refractivity contribution in [2.45, 2.75) is 0 Å². The molecule has 0 spiro atoms. The molecular weight excluding hydrogens is 397 g/mol. The van der Waals surface area contributed by atoms with Gasteiger partial charge in [0.15, 0.2) is 0 Å². The van der Waals surface area contributed by atoms with Crippen molar-refractivity contribution in [2.24, 2.45) is 7.05 Å². The Morgan fingerprint density at radius 1 is 1.53 bits per heavy atom. The van der Waals surface area contributed by atoms with Crippen molar-refractivity contribution < 1.29 is 4.79 Å². The molecule has 1 heterocycles. The van der Waals surface area contributed by atoms with E-state index in [1.165, 1.54) is 0 Å². The summed E-state index contributed by atoms with van der Waals surface area (Å²) in [5, 5.41) is 6.78. The van der Waals surface area contributed by atoms with Crippen LogP contribution >= 0.6 is 38.5 Å². The standard InChI is InChI=1S/C11H9BrIN3O/c1-16-6-8(5-14-16)15-11(17)9-4-7(13)2-3-10(9)12/h2-6H,1H3,(H,15,17). The van der Waals surface area contributed by atoms with Crippen molar-refractivity contribution in [3.05, 3.63) is 44.2 Å². The maximum absolute atomic E-state index is 12.0. The maximum atomic E-state index is 12.0. The Balaban J connectivity index is 2.22. The predicted octanol–water partition coefficient (Wildman–Crippen LogP) is 3.04. The molecular formula is C11H9BrIN3O. The van der Waals surface area contributed by atoms with Crippen LogP contribution in [0.4, 0.5) is 5.69 Å². The number of carbonyl (C=O) groups excluding carboxylic acids is 1. The van der Waals surface area contributed by atoms with Gasteiger partial charge in [0.25, 0.3) is 5.91 Å². The molecule has 4 nitrogen and oxygen atoms in total. The van der Waals surface area contributed by atoms with Crippen molar-refractivity contribution in [1.29, 1.82) is 0 Å². The van der Waals surface area contributed by atoms with Gasteiger partial charge >= 0.3 is 0 Å². The van der Waals surface area contributed by atoms with E-state index in [1.807, 2.05) is 18.2 Å². The van der Waals surface area contributed by atoms with E-state index in [-0.39, 0.29) is 5.91 Å². The number of aromatic nitrogens is 2. The largest absolute Gasteiger partial charge is 0.319 e. The number of amides is 1. The summed E-state index contributed by atoms with van der Waals surface area (Å²) in [5.41, 5.74) is 1.30. The Hall–Kier alpha value is -0.890. The molecule has 0 saturated heterocycles. The van der Waals surface area contributed by atoms with E-state index in [2.05, 4.69) is 48.9 Å². The van der Waals surface area contributed by atoms with Gasteiger partial charge in [0.1, 0.15) is 0 Å². The Morgan fingerprint density at radius 2 is 2.29 bits per heavy atom. The molecule has 6 heteroatoms. The van der Waals surface area contributed by atoms with E-state index in [0.29, 0.717) is 11.3 Å². The van der Waals surface area contributed by atoms with Crippen molar-refractivity contribution in [3.8, 4) is 0 Å². The molecule has 0 aliphatic heterocycles. The van der Waals surface area contributed by atoms with Crippen LogP contribution in [0.15, 0.2) is 35.1 Å². The summed E-state index contributed by atoms with van der Waals surface area (Å²) < 4.78 is 3.43. The lowest BCUT2D eigenvalue weighted by Gasteiger charge is -2.05. The topological polar surface area (TPSA) is 46.9 Å². The molecule has 2 aromatic rings. The zero-order valence-corrected chi connectivity index (χ0v) is 12.7. The smallest absolute Gasteiger partial charge is 0.256 e. The molecule has 0 unspecified atom stereocenters. The lowest BCUT2D eigenvalue weighted by atomic mass is 10.2. The highest BCUT2D eigenvalue weighted by molar-refractivity contribution is 14.1. The van der Waals surface area contributed by atoms with Crippen LogP contribution in [-0.2, 0) is 7.05 Å². The van der Waals surface area contributed by atoms with Crippen LogP contribution in [0.5, 0.6) is 0 Å². The van der Waals surface area contributed by atoms with E-state index in [4.69, 9.17) is 0 Å². The molecule has 0 bridgehead atoms. The first-order valence-corrected chi connectivity index (χ1v) is 6.68. The predicted molar refractivity (Wildman–Crippen MR) is 78.0 cm³/mol. The van der Waals surface area contributed by atoms with Gasteiger partial charge in [0.05, 0.1) is 17.4 Å². The van der Waals surface area contributed by atoms with Crippen molar-refractivity contribution in [3.63, 3.8) is 0 Å². The fourth-order valence-electron chi connectivity index (χ4n) is 1.36. The lowest BCUT2D eigenvalue weighted by molar-refractivity contribution is 0.102.